The Labute approximate surface area is 107 Å². The Bertz CT molecular complexity index is 482. The Morgan fingerprint density at radius 1 is 1.39 bits per heavy atom. The SMILES string of the molecule is Cc1ccc(OCCCn2ccnc2)c(CN)n1. The summed E-state index contributed by atoms with van der Waals surface area (Å²) in [5.74, 6) is 0.786. The first-order valence-corrected chi connectivity index (χ1v) is 6.04. The Hall–Kier alpha value is -1.88. The molecule has 2 aromatic heterocycles. The number of hydrogen-bond donors (Lipinski definition) is 1. The quantitative estimate of drug-likeness (QED) is 0.785. The van der Waals surface area contributed by atoms with Crippen molar-refractivity contribution in [2.45, 2.75) is 26.4 Å². The molecule has 2 rings (SSSR count). The van der Waals surface area contributed by atoms with E-state index in [9.17, 15) is 0 Å². The van der Waals surface area contributed by atoms with Crippen LogP contribution in [-0.2, 0) is 13.1 Å². The van der Waals surface area contributed by atoms with E-state index in [0.29, 0.717) is 13.2 Å². The molecule has 0 unspecified atom stereocenters. The number of nitrogens with zero attached hydrogens (tertiary/aromatic N) is 3. The van der Waals surface area contributed by atoms with Crippen LogP contribution in [0.25, 0.3) is 0 Å². The molecular formula is C13H18N4O. The summed E-state index contributed by atoms with van der Waals surface area (Å²) in [5.41, 5.74) is 7.42. The number of imidazole rings is 1. The number of nitrogens with two attached hydrogens (primary N) is 1. The lowest BCUT2D eigenvalue weighted by Gasteiger charge is -2.10. The Balaban J connectivity index is 1.83. The fraction of sp³-hybridized carbons (Fsp3) is 0.385. The summed E-state index contributed by atoms with van der Waals surface area (Å²) < 4.78 is 7.73. The van der Waals surface area contributed by atoms with E-state index in [2.05, 4.69) is 9.97 Å². The van der Waals surface area contributed by atoms with E-state index in [1.165, 1.54) is 0 Å². The smallest absolute Gasteiger partial charge is 0.142 e. The predicted molar refractivity (Wildman–Crippen MR) is 69.2 cm³/mol. The summed E-state index contributed by atoms with van der Waals surface area (Å²) >= 11 is 0. The van der Waals surface area contributed by atoms with Gasteiger partial charge in [0, 0.05) is 31.2 Å². The normalized spacial score (nSPS) is 10.6. The second kappa shape index (κ2) is 6.16. The van der Waals surface area contributed by atoms with Crippen LogP contribution in [0.2, 0.25) is 0 Å². The average Bonchev–Trinajstić information content (AvgIpc) is 2.89. The topological polar surface area (TPSA) is 66.0 Å². The zero-order valence-corrected chi connectivity index (χ0v) is 10.5. The van der Waals surface area contributed by atoms with E-state index in [1.54, 1.807) is 12.5 Å². The Morgan fingerprint density at radius 2 is 2.28 bits per heavy atom. The van der Waals surface area contributed by atoms with Gasteiger partial charge in [-0.15, -0.1) is 0 Å². The van der Waals surface area contributed by atoms with Crippen LogP contribution in [0.5, 0.6) is 5.75 Å². The van der Waals surface area contributed by atoms with Crippen LogP contribution in [0.1, 0.15) is 17.8 Å². The number of ether oxygens (including phenoxy) is 1. The van der Waals surface area contributed by atoms with Crippen LogP contribution in [0.4, 0.5) is 0 Å². The predicted octanol–water partition coefficient (Wildman–Crippen LogP) is 1.51. The maximum absolute atomic E-state index is 5.71. The second-order valence-corrected chi connectivity index (χ2v) is 4.10. The molecule has 5 nitrogen and oxygen atoms in total. The molecule has 0 bridgehead atoms. The third-order valence-corrected chi connectivity index (χ3v) is 2.64. The second-order valence-electron chi connectivity index (χ2n) is 4.10. The van der Waals surface area contributed by atoms with Crippen molar-refractivity contribution < 1.29 is 4.74 Å². The average molecular weight is 246 g/mol. The highest BCUT2D eigenvalue weighted by Gasteiger charge is 2.03. The lowest BCUT2D eigenvalue weighted by atomic mass is 10.3. The van der Waals surface area contributed by atoms with Gasteiger partial charge in [-0.2, -0.15) is 0 Å². The minimum atomic E-state index is 0.401. The minimum Gasteiger partial charge on any atom is -0.492 e. The highest BCUT2D eigenvalue weighted by molar-refractivity contribution is 5.29. The van der Waals surface area contributed by atoms with Crippen LogP contribution < -0.4 is 10.5 Å². The van der Waals surface area contributed by atoms with Crippen molar-refractivity contribution in [3.05, 3.63) is 42.2 Å². The van der Waals surface area contributed by atoms with E-state index >= 15 is 0 Å². The third kappa shape index (κ3) is 3.30. The van der Waals surface area contributed by atoms with Crippen molar-refractivity contribution in [3.63, 3.8) is 0 Å². The molecule has 18 heavy (non-hydrogen) atoms. The summed E-state index contributed by atoms with van der Waals surface area (Å²) in [6.07, 6.45) is 6.45. The highest BCUT2D eigenvalue weighted by atomic mass is 16.5. The van der Waals surface area contributed by atoms with Gasteiger partial charge < -0.3 is 15.0 Å². The third-order valence-electron chi connectivity index (χ3n) is 2.64. The fourth-order valence-corrected chi connectivity index (χ4v) is 1.72. The molecule has 2 aromatic rings. The molecule has 0 aromatic carbocycles. The summed E-state index contributed by atoms with van der Waals surface area (Å²) in [4.78, 5) is 8.35. The van der Waals surface area contributed by atoms with Gasteiger partial charge in [-0.05, 0) is 25.5 Å². The van der Waals surface area contributed by atoms with Gasteiger partial charge in [-0.1, -0.05) is 0 Å². The molecule has 2 heterocycles. The van der Waals surface area contributed by atoms with Gasteiger partial charge in [0.25, 0.3) is 0 Å². The molecule has 2 N–H and O–H groups in total. The first-order chi connectivity index (χ1) is 8.79. The van der Waals surface area contributed by atoms with Crippen molar-refractivity contribution in [2.24, 2.45) is 5.73 Å². The number of rotatable bonds is 6. The maximum atomic E-state index is 5.71. The molecular weight excluding hydrogens is 228 g/mol. The lowest BCUT2D eigenvalue weighted by molar-refractivity contribution is 0.297. The maximum Gasteiger partial charge on any atom is 0.142 e. The minimum absolute atomic E-state index is 0.401. The van der Waals surface area contributed by atoms with Gasteiger partial charge in [0.2, 0.25) is 0 Å². The van der Waals surface area contributed by atoms with Gasteiger partial charge in [-0.3, -0.25) is 4.98 Å². The number of aromatic nitrogens is 3. The van der Waals surface area contributed by atoms with Crippen molar-refractivity contribution in [1.82, 2.24) is 14.5 Å². The molecule has 0 amide bonds. The van der Waals surface area contributed by atoms with Crippen molar-refractivity contribution >= 4 is 0 Å². The van der Waals surface area contributed by atoms with Crippen LogP contribution in [-0.4, -0.2) is 21.1 Å². The van der Waals surface area contributed by atoms with Crippen LogP contribution in [0.3, 0.4) is 0 Å². The van der Waals surface area contributed by atoms with Gasteiger partial charge in [0.05, 0.1) is 18.6 Å². The lowest BCUT2D eigenvalue weighted by Crippen LogP contribution is -2.08. The Morgan fingerprint density at radius 3 is 3.00 bits per heavy atom. The molecule has 96 valence electrons. The standard InChI is InChI=1S/C13H18N4O/c1-11-3-4-13(12(9-14)16-11)18-8-2-6-17-7-5-15-10-17/h3-5,7,10H,2,6,8-9,14H2,1H3. The highest BCUT2D eigenvalue weighted by Crippen LogP contribution is 2.16. The molecule has 0 saturated heterocycles. The van der Waals surface area contributed by atoms with E-state index in [0.717, 1.165) is 30.1 Å². The first kappa shape index (κ1) is 12.6. The summed E-state index contributed by atoms with van der Waals surface area (Å²) in [6.45, 7) is 3.90. The fourth-order valence-electron chi connectivity index (χ4n) is 1.72. The van der Waals surface area contributed by atoms with Crippen LogP contribution in [0, 0.1) is 6.92 Å². The van der Waals surface area contributed by atoms with Crippen LogP contribution >= 0.6 is 0 Å². The Kier molecular flexibility index (Phi) is 4.30. The zero-order valence-electron chi connectivity index (χ0n) is 10.5. The van der Waals surface area contributed by atoms with E-state index < -0.39 is 0 Å². The first-order valence-electron chi connectivity index (χ1n) is 6.04. The summed E-state index contributed by atoms with van der Waals surface area (Å²) in [6, 6.07) is 3.87. The van der Waals surface area contributed by atoms with E-state index in [4.69, 9.17) is 10.5 Å². The molecule has 0 aliphatic rings. The van der Waals surface area contributed by atoms with Crippen molar-refractivity contribution in [3.8, 4) is 5.75 Å². The van der Waals surface area contributed by atoms with Gasteiger partial charge in [-0.25, -0.2) is 4.98 Å². The van der Waals surface area contributed by atoms with Crippen molar-refractivity contribution in [1.29, 1.82) is 0 Å². The molecule has 0 radical (unpaired) electrons. The summed E-state index contributed by atoms with van der Waals surface area (Å²) in [5, 5.41) is 0. The van der Waals surface area contributed by atoms with Gasteiger partial charge >= 0.3 is 0 Å². The number of aryl methyl sites for hydroxylation is 2. The van der Waals surface area contributed by atoms with Crippen LogP contribution in [0.15, 0.2) is 30.9 Å². The summed E-state index contributed by atoms with van der Waals surface area (Å²) in [7, 11) is 0. The van der Waals surface area contributed by atoms with E-state index in [1.807, 2.05) is 29.8 Å². The van der Waals surface area contributed by atoms with Gasteiger partial charge in [0.15, 0.2) is 0 Å². The number of hydrogen-bond acceptors (Lipinski definition) is 4. The molecule has 5 heteroatoms. The zero-order chi connectivity index (χ0) is 12.8. The molecule has 0 aliphatic carbocycles. The molecule has 0 fully saturated rings. The molecule has 0 spiro atoms. The molecule has 0 atom stereocenters. The number of pyridine rings is 1. The molecule has 0 aliphatic heterocycles. The van der Waals surface area contributed by atoms with E-state index in [-0.39, 0.29) is 0 Å². The van der Waals surface area contributed by atoms with Gasteiger partial charge in [0.1, 0.15) is 5.75 Å². The molecule has 0 saturated carbocycles. The monoisotopic (exact) mass is 246 g/mol. The largest absolute Gasteiger partial charge is 0.492 e. The van der Waals surface area contributed by atoms with Crippen molar-refractivity contribution in [2.75, 3.05) is 6.61 Å².